The smallest absolute Gasteiger partial charge is 0.223 e. The summed E-state index contributed by atoms with van der Waals surface area (Å²) < 4.78 is 1.98. The summed E-state index contributed by atoms with van der Waals surface area (Å²) in [7, 11) is 0. The molecule has 0 aliphatic carbocycles. The Bertz CT molecular complexity index is 952. The molecule has 2 aromatic heterocycles. The second-order valence-corrected chi connectivity index (χ2v) is 7.22. The van der Waals surface area contributed by atoms with Crippen LogP contribution in [0.1, 0.15) is 42.3 Å². The van der Waals surface area contributed by atoms with Crippen LogP contribution in [0.25, 0.3) is 5.65 Å². The molecule has 0 radical (unpaired) electrons. The van der Waals surface area contributed by atoms with Crippen molar-refractivity contribution < 1.29 is 4.79 Å². The summed E-state index contributed by atoms with van der Waals surface area (Å²) in [5.41, 5.74) is 2.97. The van der Waals surface area contributed by atoms with Gasteiger partial charge in [0, 0.05) is 24.2 Å². The molecule has 1 fully saturated rings. The van der Waals surface area contributed by atoms with E-state index in [-0.39, 0.29) is 11.9 Å². The molecular formula is C20H21ClN4O. The van der Waals surface area contributed by atoms with Crippen molar-refractivity contribution in [2.75, 3.05) is 6.54 Å². The molecule has 1 atom stereocenters. The van der Waals surface area contributed by atoms with Crippen molar-refractivity contribution in [1.29, 1.82) is 0 Å². The number of aromatic nitrogens is 3. The van der Waals surface area contributed by atoms with Gasteiger partial charge in [-0.25, -0.2) is 0 Å². The third kappa shape index (κ3) is 3.19. The number of amides is 1. The summed E-state index contributed by atoms with van der Waals surface area (Å²) >= 11 is 6.19. The Morgan fingerprint density at radius 2 is 2.15 bits per heavy atom. The SMILES string of the molecule is Cc1ccc(CCC(=O)N2CCCC2c2nnc3ccccn23)cc1Cl. The number of carbonyl (C=O) groups excluding carboxylic acids is 1. The van der Waals surface area contributed by atoms with E-state index in [1.807, 2.05) is 58.8 Å². The van der Waals surface area contributed by atoms with Gasteiger partial charge in [0.25, 0.3) is 0 Å². The van der Waals surface area contributed by atoms with Crippen LogP contribution < -0.4 is 0 Å². The van der Waals surface area contributed by atoms with Crippen LogP contribution in [0.2, 0.25) is 5.02 Å². The lowest BCUT2D eigenvalue weighted by Crippen LogP contribution is -2.31. The van der Waals surface area contributed by atoms with E-state index >= 15 is 0 Å². The van der Waals surface area contributed by atoms with E-state index < -0.39 is 0 Å². The summed E-state index contributed by atoms with van der Waals surface area (Å²) in [4.78, 5) is 14.8. The fraction of sp³-hybridized carbons (Fsp3) is 0.350. The first-order chi connectivity index (χ1) is 12.6. The lowest BCUT2D eigenvalue weighted by atomic mass is 10.1. The number of benzene rings is 1. The van der Waals surface area contributed by atoms with Crippen LogP contribution in [0.3, 0.4) is 0 Å². The van der Waals surface area contributed by atoms with Crippen LogP contribution in [-0.4, -0.2) is 31.9 Å². The average molecular weight is 369 g/mol. The third-order valence-corrected chi connectivity index (χ3v) is 5.48. The molecule has 0 bridgehead atoms. The predicted molar refractivity (Wildman–Crippen MR) is 101 cm³/mol. The standard InChI is InChI=1S/C20H21ClN4O/c1-14-7-8-15(13-16(14)21)9-10-19(26)24-12-4-5-17(24)20-23-22-18-6-2-3-11-25(18)20/h2-3,6-8,11,13,17H,4-5,9-10,12H2,1H3. The van der Waals surface area contributed by atoms with Gasteiger partial charge in [-0.1, -0.05) is 29.8 Å². The van der Waals surface area contributed by atoms with Gasteiger partial charge in [0.2, 0.25) is 5.91 Å². The second kappa shape index (κ2) is 7.08. The van der Waals surface area contributed by atoms with Gasteiger partial charge in [0.05, 0.1) is 6.04 Å². The van der Waals surface area contributed by atoms with Crippen LogP contribution in [0.4, 0.5) is 0 Å². The molecule has 5 nitrogen and oxygen atoms in total. The van der Waals surface area contributed by atoms with Crippen molar-refractivity contribution in [1.82, 2.24) is 19.5 Å². The fourth-order valence-corrected chi connectivity index (χ4v) is 3.81. The number of nitrogens with zero attached hydrogens (tertiary/aromatic N) is 4. The van der Waals surface area contributed by atoms with E-state index in [2.05, 4.69) is 10.2 Å². The Morgan fingerprint density at radius 1 is 1.27 bits per heavy atom. The third-order valence-electron chi connectivity index (χ3n) is 5.08. The molecule has 26 heavy (non-hydrogen) atoms. The van der Waals surface area contributed by atoms with Gasteiger partial charge in [-0.05, 0) is 55.5 Å². The van der Waals surface area contributed by atoms with Gasteiger partial charge in [0.15, 0.2) is 11.5 Å². The van der Waals surface area contributed by atoms with Crippen molar-refractivity contribution in [2.45, 2.75) is 38.6 Å². The van der Waals surface area contributed by atoms with Crippen LogP contribution in [0.5, 0.6) is 0 Å². The van der Waals surface area contributed by atoms with Crippen LogP contribution >= 0.6 is 11.6 Å². The highest BCUT2D eigenvalue weighted by molar-refractivity contribution is 6.31. The molecule has 6 heteroatoms. The first-order valence-electron chi connectivity index (χ1n) is 8.97. The Kier molecular flexibility index (Phi) is 4.64. The summed E-state index contributed by atoms with van der Waals surface area (Å²) in [5.74, 6) is 1.02. The number of likely N-dealkylation sites (tertiary alicyclic amines) is 1. The monoisotopic (exact) mass is 368 g/mol. The Hall–Kier alpha value is -2.40. The molecular weight excluding hydrogens is 348 g/mol. The zero-order valence-corrected chi connectivity index (χ0v) is 15.5. The Labute approximate surface area is 157 Å². The number of halogens is 1. The zero-order valence-electron chi connectivity index (χ0n) is 14.7. The highest BCUT2D eigenvalue weighted by Gasteiger charge is 2.32. The van der Waals surface area contributed by atoms with Crippen LogP contribution in [-0.2, 0) is 11.2 Å². The van der Waals surface area contributed by atoms with Gasteiger partial charge in [-0.3, -0.25) is 9.20 Å². The van der Waals surface area contributed by atoms with E-state index in [1.54, 1.807) is 0 Å². The molecule has 1 aliphatic rings. The lowest BCUT2D eigenvalue weighted by Gasteiger charge is -2.23. The van der Waals surface area contributed by atoms with Crippen molar-refractivity contribution in [3.63, 3.8) is 0 Å². The molecule has 1 aliphatic heterocycles. The summed E-state index contributed by atoms with van der Waals surface area (Å²) in [6, 6.07) is 11.8. The number of hydrogen-bond donors (Lipinski definition) is 0. The maximum Gasteiger partial charge on any atom is 0.223 e. The minimum absolute atomic E-state index is 0.00139. The van der Waals surface area contributed by atoms with E-state index in [4.69, 9.17) is 11.6 Å². The zero-order chi connectivity index (χ0) is 18.1. The molecule has 0 saturated carbocycles. The molecule has 3 aromatic rings. The van der Waals surface area contributed by atoms with Crippen molar-refractivity contribution in [3.8, 4) is 0 Å². The summed E-state index contributed by atoms with van der Waals surface area (Å²) in [6.07, 6.45) is 5.06. The maximum atomic E-state index is 12.8. The molecule has 3 heterocycles. The largest absolute Gasteiger partial charge is 0.332 e. The Balaban J connectivity index is 1.49. The first-order valence-corrected chi connectivity index (χ1v) is 9.35. The second-order valence-electron chi connectivity index (χ2n) is 6.82. The number of hydrogen-bond acceptors (Lipinski definition) is 3. The van der Waals surface area contributed by atoms with Crippen molar-refractivity contribution in [2.24, 2.45) is 0 Å². The normalized spacial score (nSPS) is 17.2. The molecule has 1 unspecified atom stereocenters. The number of carbonyl (C=O) groups is 1. The Morgan fingerprint density at radius 3 is 3.00 bits per heavy atom. The van der Waals surface area contributed by atoms with E-state index in [0.717, 1.165) is 47.0 Å². The minimum atomic E-state index is 0.00139. The number of fused-ring (bicyclic) bond motifs is 1. The molecule has 0 N–H and O–H groups in total. The summed E-state index contributed by atoms with van der Waals surface area (Å²) in [5, 5.41) is 9.33. The van der Waals surface area contributed by atoms with Gasteiger partial charge < -0.3 is 4.90 Å². The van der Waals surface area contributed by atoms with Gasteiger partial charge in [-0.2, -0.15) is 0 Å². The molecule has 1 amide bonds. The molecule has 1 aromatic carbocycles. The minimum Gasteiger partial charge on any atom is -0.332 e. The van der Waals surface area contributed by atoms with Crippen molar-refractivity contribution in [3.05, 3.63) is 64.6 Å². The van der Waals surface area contributed by atoms with E-state index in [1.165, 1.54) is 0 Å². The maximum absolute atomic E-state index is 12.8. The van der Waals surface area contributed by atoms with Gasteiger partial charge in [0.1, 0.15) is 0 Å². The highest BCUT2D eigenvalue weighted by atomic mass is 35.5. The average Bonchev–Trinajstić information content (AvgIpc) is 3.28. The van der Waals surface area contributed by atoms with E-state index in [0.29, 0.717) is 12.8 Å². The number of rotatable bonds is 4. The summed E-state index contributed by atoms with van der Waals surface area (Å²) in [6.45, 7) is 2.76. The topological polar surface area (TPSA) is 50.5 Å². The van der Waals surface area contributed by atoms with Crippen LogP contribution in [0, 0.1) is 6.92 Å². The number of pyridine rings is 1. The van der Waals surface area contributed by atoms with E-state index in [9.17, 15) is 4.79 Å². The quantitative estimate of drug-likeness (QED) is 0.699. The van der Waals surface area contributed by atoms with Crippen molar-refractivity contribution >= 4 is 23.2 Å². The molecule has 0 spiro atoms. The first kappa shape index (κ1) is 17.0. The molecule has 134 valence electrons. The molecule has 4 rings (SSSR count). The van der Waals surface area contributed by atoms with Gasteiger partial charge in [-0.15, -0.1) is 10.2 Å². The highest BCUT2D eigenvalue weighted by Crippen LogP contribution is 2.31. The fourth-order valence-electron chi connectivity index (χ4n) is 3.61. The number of aryl methyl sites for hydroxylation is 2. The molecule has 1 saturated heterocycles. The lowest BCUT2D eigenvalue weighted by molar-refractivity contribution is -0.132. The van der Waals surface area contributed by atoms with Gasteiger partial charge >= 0.3 is 0 Å². The van der Waals surface area contributed by atoms with Crippen LogP contribution in [0.15, 0.2) is 42.6 Å². The predicted octanol–water partition coefficient (Wildman–Crippen LogP) is 3.99.